The zero-order valence-corrected chi connectivity index (χ0v) is 21.4. The molecular formula is C23H31F3N4O2S2. The van der Waals surface area contributed by atoms with Gasteiger partial charge < -0.3 is 14.8 Å². The first-order valence-electron chi connectivity index (χ1n) is 11.3. The lowest BCUT2D eigenvalue weighted by Crippen LogP contribution is -2.44. The van der Waals surface area contributed by atoms with Crippen LogP contribution in [0.4, 0.5) is 13.2 Å². The zero-order chi connectivity index (χ0) is 25.3. The van der Waals surface area contributed by atoms with Crippen LogP contribution in [-0.4, -0.2) is 40.6 Å². The lowest BCUT2D eigenvalue weighted by atomic mass is 10.1. The number of benzene rings is 1. The van der Waals surface area contributed by atoms with Crippen LogP contribution >= 0.6 is 12.2 Å². The Labute approximate surface area is 204 Å². The van der Waals surface area contributed by atoms with E-state index in [9.17, 15) is 21.6 Å². The van der Waals surface area contributed by atoms with E-state index in [4.69, 9.17) is 12.2 Å². The molecular weight excluding hydrogens is 485 g/mol. The van der Waals surface area contributed by atoms with Gasteiger partial charge in [-0.2, -0.15) is 13.2 Å². The summed E-state index contributed by atoms with van der Waals surface area (Å²) >= 11 is 5.58. The highest BCUT2D eigenvalue weighted by atomic mass is 32.2. The van der Waals surface area contributed by atoms with Gasteiger partial charge >= 0.3 is 6.18 Å². The van der Waals surface area contributed by atoms with E-state index in [2.05, 4.69) is 24.1 Å². The Balaban J connectivity index is 1.90. The number of imidazole rings is 1. The quantitative estimate of drug-likeness (QED) is 0.476. The maximum Gasteiger partial charge on any atom is 0.416 e. The molecule has 34 heavy (non-hydrogen) atoms. The summed E-state index contributed by atoms with van der Waals surface area (Å²) in [6.07, 6.45) is -1.34. The monoisotopic (exact) mass is 516 g/mol. The second-order valence-corrected chi connectivity index (χ2v) is 11.7. The molecule has 3 rings (SSSR count). The first kappa shape index (κ1) is 26.5. The Morgan fingerprint density at radius 2 is 1.94 bits per heavy atom. The molecule has 1 saturated carbocycles. The summed E-state index contributed by atoms with van der Waals surface area (Å²) < 4.78 is 67.5. The molecule has 1 heterocycles. The summed E-state index contributed by atoms with van der Waals surface area (Å²) in [4.78, 5) is 6.23. The highest BCUT2D eigenvalue weighted by Gasteiger charge is 2.35. The summed E-state index contributed by atoms with van der Waals surface area (Å²) in [6.45, 7) is 9.21. The first-order chi connectivity index (χ1) is 15.8. The predicted molar refractivity (Wildman–Crippen MR) is 129 cm³/mol. The SMILES string of the molecule is CC(C)CN(Cc1cnc(S(=O)(=O)Cc2cccc(C(F)(F)F)c2)n1C1CC1)C(=S)NC(C)C. The third-order valence-electron chi connectivity index (χ3n) is 5.28. The summed E-state index contributed by atoms with van der Waals surface area (Å²) in [6, 6.07) is 4.58. The van der Waals surface area contributed by atoms with Crippen molar-refractivity contribution in [3.8, 4) is 0 Å². The predicted octanol–water partition coefficient (Wildman–Crippen LogP) is 4.95. The lowest BCUT2D eigenvalue weighted by molar-refractivity contribution is -0.137. The van der Waals surface area contributed by atoms with Gasteiger partial charge in [0.1, 0.15) is 0 Å². The summed E-state index contributed by atoms with van der Waals surface area (Å²) in [5.41, 5.74) is -0.0777. The molecule has 1 aliphatic rings. The van der Waals surface area contributed by atoms with Crippen molar-refractivity contribution in [3.63, 3.8) is 0 Å². The largest absolute Gasteiger partial charge is 0.416 e. The van der Waals surface area contributed by atoms with Crippen molar-refractivity contribution in [3.05, 3.63) is 47.3 Å². The fraction of sp³-hybridized carbons (Fsp3) is 0.565. The Kier molecular flexibility index (Phi) is 7.96. The highest BCUT2D eigenvalue weighted by molar-refractivity contribution is 7.90. The van der Waals surface area contributed by atoms with E-state index in [-0.39, 0.29) is 22.8 Å². The summed E-state index contributed by atoms with van der Waals surface area (Å²) in [5.74, 6) is -0.225. The van der Waals surface area contributed by atoms with Crippen LogP contribution in [0.5, 0.6) is 0 Å². The van der Waals surface area contributed by atoms with Crippen molar-refractivity contribution in [1.82, 2.24) is 19.8 Å². The summed E-state index contributed by atoms with van der Waals surface area (Å²) in [5, 5.41) is 3.72. The molecule has 1 aromatic heterocycles. The van der Waals surface area contributed by atoms with Crippen LogP contribution in [0.2, 0.25) is 0 Å². The minimum Gasteiger partial charge on any atom is -0.360 e. The van der Waals surface area contributed by atoms with Crippen LogP contribution < -0.4 is 5.32 Å². The second kappa shape index (κ2) is 10.2. The minimum absolute atomic E-state index is 0.0105. The van der Waals surface area contributed by atoms with Gasteiger partial charge in [0.15, 0.2) is 5.11 Å². The van der Waals surface area contributed by atoms with Gasteiger partial charge in [-0.15, -0.1) is 0 Å². The van der Waals surface area contributed by atoms with Gasteiger partial charge in [0, 0.05) is 18.6 Å². The van der Waals surface area contributed by atoms with Crippen LogP contribution in [0.3, 0.4) is 0 Å². The molecule has 0 amide bonds. The van der Waals surface area contributed by atoms with E-state index in [1.807, 2.05) is 18.7 Å². The normalized spacial score (nSPS) is 14.6. The standard InChI is InChI=1S/C23H31F3N4O2S2/c1-15(2)12-29(21(33)28-16(3)4)13-20-11-27-22(30(20)19-8-9-19)34(31,32)14-17-6-5-7-18(10-17)23(24,25)26/h5-7,10-11,15-16,19H,8-9,12-14H2,1-4H3,(H,28,33). The van der Waals surface area contributed by atoms with Gasteiger partial charge in [-0.05, 0) is 56.5 Å². The van der Waals surface area contributed by atoms with Crippen molar-refractivity contribution in [1.29, 1.82) is 0 Å². The second-order valence-electron chi connectivity index (χ2n) is 9.47. The van der Waals surface area contributed by atoms with Crippen LogP contribution in [0, 0.1) is 5.92 Å². The highest BCUT2D eigenvalue weighted by Crippen LogP contribution is 2.39. The van der Waals surface area contributed by atoms with E-state index < -0.39 is 27.3 Å². The van der Waals surface area contributed by atoms with Crippen molar-refractivity contribution < 1.29 is 21.6 Å². The first-order valence-corrected chi connectivity index (χ1v) is 13.3. The van der Waals surface area contributed by atoms with Gasteiger partial charge in [-0.3, -0.25) is 0 Å². The average molecular weight is 517 g/mol. The van der Waals surface area contributed by atoms with Crippen LogP contribution in [-0.2, 0) is 28.3 Å². The van der Waals surface area contributed by atoms with Gasteiger partial charge in [-0.25, -0.2) is 13.4 Å². The number of hydrogen-bond donors (Lipinski definition) is 1. The summed E-state index contributed by atoms with van der Waals surface area (Å²) in [7, 11) is -3.97. The number of halogens is 3. The molecule has 0 saturated heterocycles. The maximum atomic E-state index is 13.3. The number of nitrogens with one attached hydrogen (secondary N) is 1. The molecule has 1 aliphatic carbocycles. The molecule has 1 fully saturated rings. The number of aromatic nitrogens is 2. The van der Waals surface area contributed by atoms with Gasteiger partial charge in [0.2, 0.25) is 15.0 Å². The number of rotatable bonds is 9. The van der Waals surface area contributed by atoms with Crippen molar-refractivity contribution in [2.75, 3.05) is 6.54 Å². The fourth-order valence-electron chi connectivity index (χ4n) is 3.76. The molecule has 11 heteroatoms. The molecule has 0 radical (unpaired) electrons. The zero-order valence-electron chi connectivity index (χ0n) is 19.8. The molecule has 0 spiro atoms. The Hall–Kier alpha value is -2.14. The molecule has 0 bridgehead atoms. The number of alkyl halides is 3. The number of thiocarbonyl (C=S) groups is 1. The Morgan fingerprint density at radius 3 is 2.50 bits per heavy atom. The van der Waals surface area contributed by atoms with Crippen molar-refractivity contribution in [2.24, 2.45) is 5.92 Å². The third kappa shape index (κ3) is 6.71. The molecule has 0 unspecified atom stereocenters. The van der Waals surface area contributed by atoms with E-state index in [1.165, 1.54) is 12.1 Å². The van der Waals surface area contributed by atoms with Gasteiger partial charge in [0.05, 0.1) is 29.8 Å². The molecule has 1 N–H and O–H groups in total. The number of sulfone groups is 1. The van der Waals surface area contributed by atoms with Crippen molar-refractivity contribution >= 4 is 27.2 Å². The van der Waals surface area contributed by atoms with E-state index >= 15 is 0 Å². The molecule has 0 aliphatic heterocycles. The van der Waals surface area contributed by atoms with Crippen molar-refractivity contribution in [2.45, 2.75) is 76.3 Å². The van der Waals surface area contributed by atoms with Crippen LogP contribution in [0.25, 0.3) is 0 Å². The molecule has 1 aromatic carbocycles. The van der Waals surface area contributed by atoms with E-state index in [0.29, 0.717) is 24.1 Å². The molecule has 188 valence electrons. The van der Waals surface area contributed by atoms with Crippen LogP contribution in [0.1, 0.15) is 63.4 Å². The Bertz CT molecular complexity index is 1120. The van der Waals surface area contributed by atoms with Gasteiger partial charge in [0.25, 0.3) is 0 Å². The fourth-order valence-corrected chi connectivity index (χ4v) is 5.66. The third-order valence-corrected chi connectivity index (χ3v) is 7.23. The molecule has 0 atom stereocenters. The lowest BCUT2D eigenvalue weighted by Gasteiger charge is -2.29. The Morgan fingerprint density at radius 1 is 1.26 bits per heavy atom. The smallest absolute Gasteiger partial charge is 0.360 e. The van der Waals surface area contributed by atoms with E-state index in [0.717, 1.165) is 30.7 Å². The van der Waals surface area contributed by atoms with Crippen LogP contribution in [0.15, 0.2) is 35.6 Å². The number of hydrogen-bond acceptors (Lipinski definition) is 4. The minimum atomic E-state index is -4.54. The molecule has 6 nitrogen and oxygen atoms in total. The van der Waals surface area contributed by atoms with Gasteiger partial charge in [-0.1, -0.05) is 32.0 Å². The number of nitrogens with zero attached hydrogens (tertiary/aromatic N) is 3. The maximum absolute atomic E-state index is 13.3. The van der Waals surface area contributed by atoms with E-state index in [1.54, 1.807) is 10.8 Å². The average Bonchev–Trinajstić information content (AvgIpc) is 3.45. The molecule has 2 aromatic rings. The topological polar surface area (TPSA) is 67.2 Å².